The average molecular weight is 522 g/mol. The predicted octanol–water partition coefficient (Wildman–Crippen LogP) is 6.40. The van der Waals surface area contributed by atoms with Crippen molar-refractivity contribution in [3.63, 3.8) is 0 Å². The molecule has 0 fully saturated rings. The standard InChI is InChI=1S/C31H40NO4P/c1-8-9-14-36-30(33)21-31(6,26-10-12-27(35-7)13-11-26)32-37(34,28-17-22(2)15-23(3)18-28)29-19-24(4)16-25(5)20-29/h10-13,15-20H,8-9,14,21H2,1-7H3,(H,32,34). The zero-order chi connectivity index (χ0) is 27.2. The van der Waals surface area contributed by atoms with Gasteiger partial charge in [0.2, 0.25) is 7.29 Å². The van der Waals surface area contributed by atoms with E-state index in [2.05, 4.69) is 24.1 Å². The summed E-state index contributed by atoms with van der Waals surface area (Å²) >= 11 is 0. The van der Waals surface area contributed by atoms with E-state index in [9.17, 15) is 4.79 Å². The lowest BCUT2D eigenvalue weighted by Gasteiger charge is -2.36. The second kappa shape index (κ2) is 12.1. The minimum Gasteiger partial charge on any atom is -0.497 e. The molecule has 0 bridgehead atoms. The first kappa shape index (κ1) is 28.7. The summed E-state index contributed by atoms with van der Waals surface area (Å²) in [6.45, 7) is 12.4. The molecule has 3 rings (SSSR count). The van der Waals surface area contributed by atoms with Gasteiger partial charge in [0.15, 0.2) is 0 Å². The molecule has 0 saturated heterocycles. The molecule has 0 amide bonds. The van der Waals surface area contributed by atoms with Gasteiger partial charge in [-0.25, -0.2) is 5.09 Å². The number of hydrogen-bond acceptors (Lipinski definition) is 4. The van der Waals surface area contributed by atoms with E-state index in [1.807, 2.05) is 83.1 Å². The number of methoxy groups -OCH3 is 1. The maximum Gasteiger partial charge on any atom is 0.308 e. The Labute approximate surface area is 222 Å². The molecule has 5 nitrogen and oxygen atoms in total. The highest BCUT2D eigenvalue weighted by atomic mass is 31.2. The molecule has 0 radical (unpaired) electrons. The molecular weight excluding hydrogens is 481 g/mol. The summed E-state index contributed by atoms with van der Waals surface area (Å²) < 4.78 is 26.2. The second-order valence-corrected chi connectivity index (χ2v) is 12.7. The van der Waals surface area contributed by atoms with E-state index in [0.717, 1.165) is 40.7 Å². The van der Waals surface area contributed by atoms with Crippen LogP contribution in [-0.4, -0.2) is 19.7 Å². The molecule has 198 valence electrons. The van der Waals surface area contributed by atoms with E-state index in [4.69, 9.17) is 9.47 Å². The summed E-state index contributed by atoms with van der Waals surface area (Å²) in [5.41, 5.74) is 3.99. The third-order valence-corrected chi connectivity index (χ3v) is 9.31. The molecule has 3 aromatic rings. The van der Waals surface area contributed by atoms with Crippen molar-refractivity contribution < 1.29 is 18.8 Å². The van der Waals surface area contributed by atoms with Gasteiger partial charge in [-0.15, -0.1) is 0 Å². The van der Waals surface area contributed by atoms with E-state index in [1.54, 1.807) is 7.11 Å². The van der Waals surface area contributed by atoms with Crippen molar-refractivity contribution in [3.05, 3.63) is 88.5 Å². The molecule has 0 aliphatic heterocycles. The topological polar surface area (TPSA) is 64.6 Å². The van der Waals surface area contributed by atoms with E-state index in [0.29, 0.717) is 23.0 Å². The third-order valence-electron chi connectivity index (χ3n) is 6.53. The fourth-order valence-corrected chi connectivity index (χ4v) is 7.73. The zero-order valence-electron chi connectivity index (χ0n) is 23.2. The number of ether oxygens (including phenoxy) is 2. The van der Waals surface area contributed by atoms with Gasteiger partial charge in [-0.3, -0.25) is 9.36 Å². The molecule has 37 heavy (non-hydrogen) atoms. The van der Waals surface area contributed by atoms with E-state index in [-0.39, 0.29) is 12.4 Å². The largest absolute Gasteiger partial charge is 0.497 e. The Morgan fingerprint density at radius 1 is 0.865 bits per heavy atom. The quantitative estimate of drug-likeness (QED) is 0.180. The minimum atomic E-state index is -3.41. The maximum absolute atomic E-state index is 15.3. The van der Waals surface area contributed by atoms with Crippen LogP contribution in [0.5, 0.6) is 5.75 Å². The maximum atomic E-state index is 15.3. The molecule has 0 heterocycles. The fraction of sp³-hybridized carbons (Fsp3) is 0.387. The van der Waals surface area contributed by atoms with Crippen LogP contribution < -0.4 is 20.4 Å². The number of carbonyl (C=O) groups excluding carboxylic acids is 1. The average Bonchev–Trinajstić information content (AvgIpc) is 2.83. The third kappa shape index (κ3) is 7.12. The Kier molecular flexibility index (Phi) is 9.39. The van der Waals surface area contributed by atoms with Gasteiger partial charge in [-0.1, -0.05) is 59.9 Å². The Bertz CT molecular complexity index is 1190. The van der Waals surface area contributed by atoms with Crippen molar-refractivity contribution >= 4 is 23.9 Å². The van der Waals surface area contributed by atoms with Gasteiger partial charge < -0.3 is 9.47 Å². The van der Waals surface area contributed by atoms with Crippen LogP contribution in [0.2, 0.25) is 0 Å². The fourth-order valence-electron chi connectivity index (χ4n) is 4.73. The normalized spacial score (nSPS) is 13.2. The molecule has 3 aromatic carbocycles. The summed E-state index contributed by atoms with van der Waals surface area (Å²) in [6, 6.07) is 19.6. The molecule has 0 aromatic heterocycles. The van der Waals surface area contributed by atoms with Crippen LogP contribution in [0.3, 0.4) is 0 Å². The highest BCUT2D eigenvalue weighted by Gasteiger charge is 2.40. The molecule has 0 aliphatic carbocycles. The Morgan fingerprint density at radius 2 is 1.35 bits per heavy atom. The Morgan fingerprint density at radius 3 is 1.78 bits per heavy atom. The van der Waals surface area contributed by atoms with Crippen molar-refractivity contribution in [3.8, 4) is 5.75 Å². The van der Waals surface area contributed by atoms with Gasteiger partial charge in [0.05, 0.1) is 25.7 Å². The van der Waals surface area contributed by atoms with Crippen molar-refractivity contribution in [2.24, 2.45) is 0 Å². The monoisotopic (exact) mass is 521 g/mol. The molecule has 0 spiro atoms. The number of esters is 1. The van der Waals surface area contributed by atoms with Gasteiger partial charge >= 0.3 is 5.97 Å². The van der Waals surface area contributed by atoms with Crippen LogP contribution in [-0.2, 0) is 19.6 Å². The molecule has 6 heteroatoms. The first-order valence-corrected chi connectivity index (χ1v) is 14.6. The SMILES string of the molecule is CCCCOC(=O)CC(C)(NP(=O)(c1cc(C)cc(C)c1)c1cc(C)cc(C)c1)c1ccc(OC)cc1. The van der Waals surface area contributed by atoms with Gasteiger partial charge in [0.1, 0.15) is 5.75 Å². The number of hydrogen-bond donors (Lipinski definition) is 1. The van der Waals surface area contributed by atoms with Crippen LogP contribution in [0.25, 0.3) is 0 Å². The molecule has 0 saturated carbocycles. The van der Waals surface area contributed by atoms with Gasteiger partial charge in [0.25, 0.3) is 0 Å². The van der Waals surface area contributed by atoms with E-state index in [1.165, 1.54) is 0 Å². The number of benzene rings is 3. The zero-order valence-corrected chi connectivity index (χ0v) is 24.1. The first-order chi connectivity index (χ1) is 17.5. The number of carbonyl (C=O) groups is 1. The summed E-state index contributed by atoms with van der Waals surface area (Å²) in [4.78, 5) is 13.0. The molecule has 0 aliphatic rings. The van der Waals surface area contributed by atoms with Crippen LogP contribution >= 0.6 is 7.29 Å². The number of aryl methyl sites for hydroxylation is 4. The highest BCUT2D eigenvalue weighted by molar-refractivity contribution is 7.77. The Hall–Kier alpha value is -2.88. The lowest BCUT2D eigenvalue weighted by Crippen LogP contribution is -2.44. The molecule has 1 atom stereocenters. The van der Waals surface area contributed by atoms with Crippen LogP contribution in [0, 0.1) is 27.7 Å². The molecular formula is C31H40NO4P. The highest BCUT2D eigenvalue weighted by Crippen LogP contribution is 2.46. The van der Waals surface area contributed by atoms with Crippen LogP contribution in [0.15, 0.2) is 60.7 Å². The van der Waals surface area contributed by atoms with Crippen molar-refractivity contribution in [2.45, 2.75) is 66.3 Å². The van der Waals surface area contributed by atoms with Crippen LogP contribution in [0.4, 0.5) is 0 Å². The molecule has 1 N–H and O–H groups in total. The second-order valence-electron chi connectivity index (χ2n) is 10.2. The van der Waals surface area contributed by atoms with Crippen molar-refractivity contribution in [1.82, 2.24) is 5.09 Å². The number of rotatable bonds is 11. The summed E-state index contributed by atoms with van der Waals surface area (Å²) in [6.07, 6.45) is 1.78. The minimum absolute atomic E-state index is 0.0304. The summed E-state index contributed by atoms with van der Waals surface area (Å²) in [5, 5.41) is 4.97. The number of unbranched alkanes of at least 4 members (excludes halogenated alkanes) is 1. The van der Waals surface area contributed by atoms with Crippen LogP contribution in [0.1, 0.15) is 60.9 Å². The smallest absolute Gasteiger partial charge is 0.308 e. The van der Waals surface area contributed by atoms with Crippen molar-refractivity contribution in [1.29, 1.82) is 0 Å². The lowest BCUT2D eigenvalue weighted by molar-refractivity contribution is -0.145. The lowest BCUT2D eigenvalue weighted by atomic mass is 9.90. The summed E-state index contributed by atoms with van der Waals surface area (Å²) in [5.74, 6) is 0.384. The number of nitrogens with one attached hydrogen (secondary N) is 1. The van der Waals surface area contributed by atoms with Crippen molar-refractivity contribution in [2.75, 3.05) is 13.7 Å². The first-order valence-electron chi connectivity index (χ1n) is 12.9. The van der Waals surface area contributed by atoms with E-state index >= 15 is 4.57 Å². The van der Waals surface area contributed by atoms with Gasteiger partial charge in [-0.2, -0.15) is 0 Å². The van der Waals surface area contributed by atoms with E-state index < -0.39 is 12.8 Å². The predicted molar refractivity (Wildman–Crippen MR) is 153 cm³/mol. The summed E-state index contributed by atoms with van der Waals surface area (Å²) in [7, 11) is -1.80. The van der Waals surface area contributed by atoms with Gasteiger partial charge in [0, 0.05) is 10.6 Å². The molecule has 1 unspecified atom stereocenters. The van der Waals surface area contributed by atoms with Gasteiger partial charge in [-0.05, 0) is 83.0 Å². The Balaban J connectivity index is 2.18.